The van der Waals surface area contributed by atoms with Gasteiger partial charge in [0.05, 0.1) is 0 Å². The standard InChI is InChI=1S/C13H20FN/c1-9(2)11(4)15-8-12-5-6-13(14)7-10(12)3/h5-7,9,11,15H,8H2,1-4H3/t11-/m1/s1. The van der Waals surface area contributed by atoms with Gasteiger partial charge in [-0.05, 0) is 43.0 Å². The molecule has 0 spiro atoms. The molecule has 0 aliphatic carbocycles. The van der Waals surface area contributed by atoms with Gasteiger partial charge in [0.2, 0.25) is 0 Å². The number of hydrogen-bond acceptors (Lipinski definition) is 1. The topological polar surface area (TPSA) is 12.0 Å². The minimum absolute atomic E-state index is 0.159. The minimum atomic E-state index is -0.159. The summed E-state index contributed by atoms with van der Waals surface area (Å²) in [6, 6.07) is 5.43. The van der Waals surface area contributed by atoms with Crippen molar-refractivity contribution in [2.45, 2.75) is 40.3 Å². The van der Waals surface area contributed by atoms with Gasteiger partial charge in [0.15, 0.2) is 0 Å². The lowest BCUT2D eigenvalue weighted by molar-refractivity contribution is 0.425. The van der Waals surface area contributed by atoms with Crippen molar-refractivity contribution in [3.05, 3.63) is 35.1 Å². The Morgan fingerprint density at radius 3 is 2.47 bits per heavy atom. The summed E-state index contributed by atoms with van der Waals surface area (Å²) in [6.07, 6.45) is 0. The Balaban J connectivity index is 2.58. The molecule has 1 aromatic rings. The molecule has 1 N–H and O–H groups in total. The van der Waals surface area contributed by atoms with E-state index >= 15 is 0 Å². The van der Waals surface area contributed by atoms with Crippen LogP contribution in [0.3, 0.4) is 0 Å². The first-order chi connectivity index (χ1) is 7.00. The highest BCUT2D eigenvalue weighted by atomic mass is 19.1. The highest BCUT2D eigenvalue weighted by molar-refractivity contribution is 5.26. The Bertz CT molecular complexity index is 320. The summed E-state index contributed by atoms with van der Waals surface area (Å²) in [5.41, 5.74) is 2.18. The minimum Gasteiger partial charge on any atom is -0.310 e. The molecule has 0 heterocycles. The lowest BCUT2D eigenvalue weighted by atomic mass is 10.0. The van der Waals surface area contributed by atoms with Crippen LogP contribution in [0, 0.1) is 18.7 Å². The maximum Gasteiger partial charge on any atom is 0.123 e. The molecular weight excluding hydrogens is 189 g/mol. The van der Waals surface area contributed by atoms with E-state index in [4.69, 9.17) is 0 Å². The SMILES string of the molecule is Cc1cc(F)ccc1CN[C@H](C)C(C)C. The molecule has 0 saturated heterocycles. The molecule has 2 heteroatoms. The number of halogens is 1. The number of benzene rings is 1. The number of aryl methyl sites for hydroxylation is 1. The van der Waals surface area contributed by atoms with Crippen LogP contribution < -0.4 is 5.32 Å². The van der Waals surface area contributed by atoms with Crippen molar-refractivity contribution in [1.82, 2.24) is 5.32 Å². The fourth-order valence-corrected chi connectivity index (χ4v) is 1.36. The normalized spacial score (nSPS) is 13.2. The maximum absolute atomic E-state index is 12.9. The molecule has 15 heavy (non-hydrogen) atoms. The largest absolute Gasteiger partial charge is 0.310 e. The molecule has 0 bridgehead atoms. The van der Waals surface area contributed by atoms with E-state index in [-0.39, 0.29) is 5.82 Å². The molecule has 0 aliphatic rings. The van der Waals surface area contributed by atoms with Crippen molar-refractivity contribution in [2.75, 3.05) is 0 Å². The van der Waals surface area contributed by atoms with E-state index in [0.29, 0.717) is 12.0 Å². The third kappa shape index (κ3) is 3.63. The molecular formula is C13H20FN. The summed E-state index contributed by atoms with van der Waals surface area (Å²) >= 11 is 0. The van der Waals surface area contributed by atoms with Crippen molar-refractivity contribution in [3.63, 3.8) is 0 Å². The zero-order valence-electron chi connectivity index (χ0n) is 9.97. The van der Waals surface area contributed by atoms with Crippen LogP contribution in [0.4, 0.5) is 4.39 Å². The summed E-state index contributed by atoms with van der Waals surface area (Å²) in [5, 5.41) is 3.44. The van der Waals surface area contributed by atoms with Crippen LogP contribution in [-0.2, 0) is 6.54 Å². The molecule has 84 valence electrons. The van der Waals surface area contributed by atoms with Gasteiger partial charge in [-0.15, -0.1) is 0 Å². The smallest absolute Gasteiger partial charge is 0.123 e. The predicted octanol–water partition coefficient (Wildman–Crippen LogP) is 3.27. The van der Waals surface area contributed by atoms with E-state index < -0.39 is 0 Å². The van der Waals surface area contributed by atoms with E-state index in [2.05, 4.69) is 26.1 Å². The molecule has 0 radical (unpaired) electrons. The number of nitrogens with one attached hydrogen (secondary N) is 1. The first kappa shape index (κ1) is 12.2. The van der Waals surface area contributed by atoms with Gasteiger partial charge in [0.1, 0.15) is 5.82 Å². The lowest BCUT2D eigenvalue weighted by Crippen LogP contribution is -2.30. The summed E-state index contributed by atoms with van der Waals surface area (Å²) in [5.74, 6) is 0.457. The summed E-state index contributed by atoms with van der Waals surface area (Å²) in [6.45, 7) is 9.31. The Morgan fingerprint density at radius 2 is 1.93 bits per heavy atom. The second kappa shape index (κ2) is 5.26. The van der Waals surface area contributed by atoms with Gasteiger partial charge in [0, 0.05) is 12.6 Å². The van der Waals surface area contributed by atoms with Gasteiger partial charge in [-0.3, -0.25) is 0 Å². The highest BCUT2D eigenvalue weighted by Crippen LogP contribution is 2.10. The Kier molecular flexibility index (Phi) is 4.28. The van der Waals surface area contributed by atoms with Crippen LogP contribution in [0.15, 0.2) is 18.2 Å². The summed E-state index contributed by atoms with van der Waals surface area (Å²) < 4.78 is 12.9. The third-order valence-corrected chi connectivity index (χ3v) is 2.92. The summed E-state index contributed by atoms with van der Waals surface area (Å²) in [7, 11) is 0. The molecule has 0 saturated carbocycles. The van der Waals surface area contributed by atoms with E-state index in [1.807, 2.05) is 13.0 Å². The van der Waals surface area contributed by atoms with Crippen LogP contribution in [-0.4, -0.2) is 6.04 Å². The average molecular weight is 209 g/mol. The first-order valence-corrected chi connectivity index (χ1v) is 5.49. The maximum atomic E-state index is 12.9. The quantitative estimate of drug-likeness (QED) is 0.802. The molecule has 1 nitrogen and oxygen atoms in total. The molecule has 0 aliphatic heterocycles. The van der Waals surface area contributed by atoms with E-state index in [9.17, 15) is 4.39 Å². The fraction of sp³-hybridized carbons (Fsp3) is 0.538. The monoisotopic (exact) mass is 209 g/mol. The van der Waals surface area contributed by atoms with Crippen molar-refractivity contribution in [2.24, 2.45) is 5.92 Å². The molecule has 0 aromatic heterocycles. The molecule has 0 unspecified atom stereocenters. The zero-order chi connectivity index (χ0) is 11.4. The molecule has 0 amide bonds. The Morgan fingerprint density at radius 1 is 1.27 bits per heavy atom. The van der Waals surface area contributed by atoms with Gasteiger partial charge in [-0.25, -0.2) is 4.39 Å². The average Bonchev–Trinajstić information content (AvgIpc) is 2.15. The van der Waals surface area contributed by atoms with Crippen molar-refractivity contribution >= 4 is 0 Å². The van der Waals surface area contributed by atoms with Crippen molar-refractivity contribution in [3.8, 4) is 0 Å². The van der Waals surface area contributed by atoms with Crippen LogP contribution >= 0.6 is 0 Å². The van der Waals surface area contributed by atoms with E-state index in [1.165, 1.54) is 11.6 Å². The van der Waals surface area contributed by atoms with Gasteiger partial charge in [-0.1, -0.05) is 19.9 Å². The van der Waals surface area contributed by atoms with Crippen LogP contribution in [0.1, 0.15) is 31.9 Å². The van der Waals surface area contributed by atoms with Gasteiger partial charge >= 0.3 is 0 Å². The first-order valence-electron chi connectivity index (χ1n) is 5.49. The number of hydrogen-bond donors (Lipinski definition) is 1. The van der Waals surface area contributed by atoms with Crippen molar-refractivity contribution in [1.29, 1.82) is 0 Å². The summed E-state index contributed by atoms with van der Waals surface area (Å²) in [4.78, 5) is 0. The molecule has 0 fully saturated rings. The van der Waals surface area contributed by atoms with Gasteiger partial charge in [0.25, 0.3) is 0 Å². The van der Waals surface area contributed by atoms with Gasteiger partial charge < -0.3 is 5.32 Å². The highest BCUT2D eigenvalue weighted by Gasteiger charge is 2.06. The van der Waals surface area contributed by atoms with E-state index in [1.54, 1.807) is 6.07 Å². The molecule has 1 atom stereocenters. The molecule has 1 rings (SSSR count). The lowest BCUT2D eigenvalue weighted by Gasteiger charge is -2.18. The Labute approximate surface area is 91.7 Å². The van der Waals surface area contributed by atoms with Gasteiger partial charge in [-0.2, -0.15) is 0 Å². The van der Waals surface area contributed by atoms with Crippen molar-refractivity contribution < 1.29 is 4.39 Å². The zero-order valence-corrected chi connectivity index (χ0v) is 9.97. The van der Waals surface area contributed by atoms with Crippen LogP contribution in [0.2, 0.25) is 0 Å². The van der Waals surface area contributed by atoms with E-state index in [0.717, 1.165) is 12.1 Å². The second-order valence-corrected chi connectivity index (χ2v) is 4.48. The van der Waals surface area contributed by atoms with Crippen LogP contribution in [0.25, 0.3) is 0 Å². The fourth-order valence-electron chi connectivity index (χ4n) is 1.36. The molecule has 1 aromatic carbocycles. The van der Waals surface area contributed by atoms with Crippen LogP contribution in [0.5, 0.6) is 0 Å². The Hall–Kier alpha value is -0.890. The predicted molar refractivity (Wildman–Crippen MR) is 62.3 cm³/mol. The number of rotatable bonds is 4. The third-order valence-electron chi connectivity index (χ3n) is 2.92. The second-order valence-electron chi connectivity index (χ2n) is 4.48.